The third-order valence-corrected chi connectivity index (χ3v) is 3.59. The predicted molar refractivity (Wildman–Crippen MR) is 101 cm³/mol. The Hall–Kier alpha value is -2.24. The Morgan fingerprint density at radius 3 is 2.19 bits per heavy atom. The van der Waals surface area contributed by atoms with E-state index in [4.69, 9.17) is 23.7 Å². The lowest BCUT2D eigenvalue weighted by Crippen LogP contribution is -2.11. The number of hydrogen-bond donors (Lipinski definition) is 0. The van der Waals surface area contributed by atoms with Crippen LogP contribution in [-0.2, 0) is 16.1 Å². The fourth-order valence-corrected chi connectivity index (χ4v) is 2.26. The third kappa shape index (κ3) is 7.33. The van der Waals surface area contributed by atoms with E-state index in [1.165, 1.54) is 0 Å². The van der Waals surface area contributed by atoms with E-state index in [9.17, 15) is 0 Å². The van der Waals surface area contributed by atoms with Crippen LogP contribution in [0.3, 0.4) is 0 Å². The molecule has 0 saturated heterocycles. The molecule has 0 N–H and O–H groups in total. The fourth-order valence-electron chi connectivity index (χ4n) is 2.26. The minimum atomic E-state index is 0.433. The van der Waals surface area contributed by atoms with E-state index in [1.54, 1.807) is 7.11 Å². The van der Waals surface area contributed by atoms with Crippen LogP contribution in [0.4, 0.5) is 0 Å². The standard InChI is InChI=1S/C21H28O5/c1-3-11-23-12-13-24-14-15-25-21-16-19(22-2)9-10-20(21)26-17-18-7-5-4-6-8-18/h4-10,16H,3,11-15,17H2,1-2H3. The monoisotopic (exact) mass is 360 g/mol. The molecule has 0 aliphatic heterocycles. The normalized spacial score (nSPS) is 10.5. The SMILES string of the molecule is CCCOCCOCCOc1cc(OC)ccc1OCc1ccccc1. The molecule has 2 aromatic carbocycles. The van der Waals surface area contributed by atoms with Crippen molar-refractivity contribution < 1.29 is 23.7 Å². The molecule has 0 aromatic heterocycles. The summed E-state index contributed by atoms with van der Waals surface area (Å²) in [4.78, 5) is 0. The first-order valence-electron chi connectivity index (χ1n) is 8.96. The molecule has 5 heteroatoms. The minimum Gasteiger partial charge on any atom is -0.497 e. The second kappa shape index (κ2) is 12.2. The van der Waals surface area contributed by atoms with Crippen LogP contribution in [0.2, 0.25) is 0 Å². The lowest BCUT2D eigenvalue weighted by molar-refractivity contribution is 0.0361. The molecule has 0 heterocycles. The first-order valence-corrected chi connectivity index (χ1v) is 8.96. The summed E-state index contributed by atoms with van der Waals surface area (Å²) in [5.74, 6) is 2.05. The maximum atomic E-state index is 5.90. The third-order valence-electron chi connectivity index (χ3n) is 3.59. The maximum absolute atomic E-state index is 5.90. The van der Waals surface area contributed by atoms with Crippen LogP contribution >= 0.6 is 0 Å². The van der Waals surface area contributed by atoms with Crippen LogP contribution in [0.25, 0.3) is 0 Å². The van der Waals surface area contributed by atoms with E-state index in [1.807, 2.05) is 48.5 Å². The van der Waals surface area contributed by atoms with E-state index in [0.717, 1.165) is 24.3 Å². The fraction of sp³-hybridized carbons (Fsp3) is 0.429. The van der Waals surface area contributed by atoms with Crippen LogP contribution in [0.5, 0.6) is 17.2 Å². The largest absolute Gasteiger partial charge is 0.497 e. The molecule has 2 rings (SSSR count). The highest BCUT2D eigenvalue weighted by Crippen LogP contribution is 2.32. The van der Waals surface area contributed by atoms with Crippen LogP contribution < -0.4 is 14.2 Å². The molecule has 2 aromatic rings. The molecule has 5 nitrogen and oxygen atoms in total. The van der Waals surface area contributed by atoms with E-state index in [2.05, 4.69) is 6.92 Å². The summed E-state index contributed by atoms with van der Waals surface area (Å²) in [7, 11) is 1.63. The van der Waals surface area contributed by atoms with Crippen LogP contribution in [-0.4, -0.2) is 40.1 Å². The van der Waals surface area contributed by atoms with Gasteiger partial charge >= 0.3 is 0 Å². The predicted octanol–water partition coefficient (Wildman–Crippen LogP) is 4.10. The van der Waals surface area contributed by atoms with Crippen molar-refractivity contribution in [1.82, 2.24) is 0 Å². The van der Waals surface area contributed by atoms with Crippen molar-refractivity contribution in [3.63, 3.8) is 0 Å². The average Bonchev–Trinajstić information content (AvgIpc) is 2.69. The molecule has 0 fully saturated rings. The first-order chi connectivity index (χ1) is 12.8. The zero-order valence-electron chi connectivity index (χ0n) is 15.6. The van der Waals surface area contributed by atoms with E-state index in [0.29, 0.717) is 44.5 Å². The van der Waals surface area contributed by atoms with Gasteiger partial charge in [0.2, 0.25) is 0 Å². The first kappa shape index (κ1) is 20.1. The van der Waals surface area contributed by atoms with E-state index in [-0.39, 0.29) is 0 Å². The Balaban J connectivity index is 1.81. The lowest BCUT2D eigenvalue weighted by Gasteiger charge is -2.14. The molecular formula is C21H28O5. The van der Waals surface area contributed by atoms with Crippen LogP contribution in [0, 0.1) is 0 Å². The van der Waals surface area contributed by atoms with Gasteiger partial charge in [0.1, 0.15) is 19.0 Å². The van der Waals surface area contributed by atoms with Gasteiger partial charge in [-0.1, -0.05) is 37.3 Å². The summed E-state index contributed by atoms with van der Waals surface area (Å²) < 4.78 is 27.9. The summed E-state index contributed by atoms with van der Waals surface area (Å²) >= 11 is 0. The van der Waals surface area contributed by atoms with Crippen molar-refractivity contribution in [2.75, 3.05) is 40.1 Å². The number of methoxy groups -OCH3 is 1. The number of benzene rings is 2. The molecule has 26 heavy (non-hydrogen) atoms. The zero-order valence-corrected chi connectivity index (χ0v) is 15.6. The van der Waals surface area contributed by atoms with Crippen LogP contribution in [0.15, 0.2) is 48.5 Å². The molecule has 0 spiro atoms. The van der Waals surface area contributed by atoms with Gasteiger partial charge in [-0.05, 0) is 24.1 Å². The highest BCUT2D eigenvalue weighted by molar-refractivity contribution is 5.45. The zero-order chi connectivity index (χ0) is 18.5. The molecule has 0 atom stereocenters. The van der Waals surface area contributed by atoms with Crippen molar-refractivity contribution in [3.8, 4) is 17.2 Å². The Morgan fingerprint density at radius 2 is 1.46 bits per heavy atom. The summed E-state index contributed by atoms with van der Waals surface area (Å²) in [6, 6.07) is 15.6. The quantitative estimate of drug-likeness (QED) is 0.503. The molecule has 0 radical (unpaired) electrons. The summed E-state index contributed by atoms with van der Waals surface area (Å²) in [6.45, 7) is 5.44. The van der Waals surface area contributed by atoms with Crippen molar-refractivity contribution in [3.05, 3.63) is 54.1 Å². The van der Waals surface area contributed by atoms with Crippen molar-refractivity contribution >= 4 is 0 Å². The average molecular weight is 360 g/mol. The van der Waals surface area contributed by atoms with Gasteiger partial charge in [-0.25, -0.2) is 0 Å². The number of hydrogen-bond acceptors (Lipinski definition) is 5. The highest BCUT2D eigenvalue weighted by atomic mass is 16.6. The Labute approximate surface area is 155 Å². The molecule has 0 aliphatic rings. The Morgan fingerprint density at radius 1 is 0.731 bits per heavy atom. The molecule has 0 saturated carbocycles. The van der Waals surface area contributed by atoms with Gasteiger partial charge in [-0.15, -0.1) is 0 Å². The summed E-state index contributed by atoms with van der Waals surface area (Å²) in [5.41, 5.74) is 1.10. The Bertz CT molecular complexity index is 615. The van der Waals surface area contributed by atoms with Crippen molar-refractivity contribution in [2.24, 2.45) is 0 Å². The molecule has 0 bridgehead atoms. The molecule has 0 aliphatic carbocycles. The van der Waals surface area contributed by atoms with Crippen molar-refractivity contribution in [2.45, 2.75) is 20.0 Å². The van der Waals surface area contributed by atoms with Gasteiger partial charge in [-0.3, -0.25) is 0 Å². The van der Waals surface area contributed by atoms with Gasteiger partial charge < -0.3 is 23.7 Å². The molecule has 142 valence electrons. The van der Waals surface area contributed by atoms with Gasteiger partial charge in [0.05, 0.1) is 26.9 Å². The molecular weight excluding hydrogens is 332 g/mol. The van der Waals surface area contributed by atoms with E-state index < -0.39 is 0 Å². The van der Waals surface area contributed by atoms with Crippen molar-refractivity contribution in [1.29, 1.82) is 0 Å². The maximum Gasteiger partial charge on any atom is 0.165 e. The second-order valence-corrected chi connectivity index (χ2v) is 5.66. The molecule has 0 unspecified atom stereocenters. The van der Waals surface area contributed by atoms with Gasteiger partial charge in [0.15, 0.2) is 11.5 Å². The summed E-state index contributed by atoms with van der Waals surface area (Å²) in [5, 5.41) is 0. The summed E-state index contributed by atoms with van der Waals surface area (Å²) in [6.07, 6.45) is 1.02. The van der Waals surface area contributed by atoms with Gasteiger partial charge in [0, 0.05) is 12.7 Å². The van der Waals surface area contributed by atoms with Crippen LogP contribution in [0.1, 0.15) is 18.9 Å². The lowest BCUT2D eigenvalue weighted by atomic mass is 10.2. The minimum absolute atomic E-state index is 0.433. The number of rotatable bonds is 13. The highest BCUT2D eigenvalue weighted by Gasteiger charge is 2.08. The number of ether oxygens (including phenoxy) is 5. The second-order valence-electron chi connectivity index (χ2n) is 5.66. The van der Waals surface area contributed by atoms with Gasteiger partial charge in [-0.2, -0.15) is 0 Å². The molecule has 0 amide bonds. The van der Waals surface area contributed by atoms with E-state index >= 15 is 0 Å². The smallest absolute Gasteiger partial charge is 0.165 e. The Kier molecular flexibility index (Phi) is 9.40. The topological polar surface area (TPSA) is 46.2 Å². The van der Waals surface area contributed by atoms with Gasteiger partial charge in [0.25, 0.3) is 0 Å².